The third-order valence-corrected chi connectivity index (χ3v) is 3.22. The molecular weight excluding hydrogens is 276 g/mol. The van der Waals surface area contributed by atoms with E-state index in [9.17, 15) is 4.79 Å². The summed E-state index contributed by atoms with van der Waals surface area (Å²) in [5.74, 6) is 0.907. The molecule has 0 aliphatic heterocycles. The van der Waals surface area contributed by atoms with Gasteiger partial charge in [0.2, 0.25) is 0 Å². The number of nitrogens with zero attached hydrogens (tertiary/aromatic N) is 2. The number of hydrogen-bond donors (Lipinski definition) is 2. The zero-order valence-corrected chi connectivity index (χ0v) is 13.1. The Morgan fingerprint density at radius 2 is 1.91 bits per heavy atom. The minimum absolute atomic E-state index is 0.246. The van der Waals surface area contributed by atoms with Crippen molar-refractivity contribution in [1.82, 2.24) is 9.97 Å². The number of para-hydroxylation sites is 1. The Kier molecular flexibility index (Phi) is 4.88. The summed E-state index contributed by atoms with van der Waals surface area (Å²) < 4.78 is 0. The first kappa shape index (κ1) is 15.7. The predicted molar refractivity (Wildman–Crippen MR) is 89.3 cm³/mol. The lowest BCUT2D eigenvalue weighted by molar-refractivity contribution is 0.102. The average molecular weight is 296 g/mol. The molecule has 2 aromatic rings. The van der Waals surface area contributed by atoms with Crippen molar-refractivity contribution in [2.24, 2.45) is 0 Å². The standard InChI is InChI=1S/C17H20N4O/c1-5-9-18-15-10-14(19-13(4)20-15)17(22)21-16-11(2)7-6-8-12(16)3/h5-8,10H,1,9H2,2-4H3,(H,21,22)(H,18,19,20). The van der Waals surface area contributed by atoms with Crippen molar-refractivity contribution >= 4 is 17.4 Å². The lowest BCUT2D eigenvalue weighted by atomic mass is 10.1. The van der Waals surface area contributed by atoms with Crippen molar-refractivity contribution < 1.29 is 4.79 Å². The fourth-order valence-electron chi connectivity index (χ4n) is 2.14. The molecule has 22 heavy (non-hydrogen) atoms. The maximum atomic E-state index is 12.4. The molecule has 1 aromatic carbocycles. The Hall–Kier alpha value is -2.69. The van der Waals surface area contributed by atoms with Crippen molar-refractivity contribution in [3.63, 3.8) is 0 Å². The van der Waals surface area contributed by atoms with Crippen LogP contribution in [-0.2, 0) is 0 Å². The highest BCUT2D eigenvalue weighted by Gasteiger charge is 2.13. The van der Waals surface area contributed by atoms with E-state index in [1.807, 2.05) is 32.0 Å². The number of aromatic nitrogens is 2. The van der Waals surface area contributed by atoms with Crippen LogP contribution in [-0.4, -0.2) is 22.4 Å². The van der Waals surface area contributed by atoms with Gasteiger partial charge in [0.25, 0.3) is 5.91 Å². The van der Waals surface area contributed by atoms with Crippen LogP contribution in [0.2, 0.25) is 0 Å². The number of nitrogens with one attached hydrogen (secondary N) is 2. The molecule has 1 amide bonds. The molecule has 2 rings (SSSR count). The van der Waals surface area contributed by atoms with Gasteiger partial charge in [-0.1, -0.05) is 24.3 Å². The van der Waals surface area contributed by atoms with Crippen LogP contribution in [0.5, 0.6) is 0 Å². The molecule has 1 heterocycles. The summed E-state index contributed by atoms with van der Waals surface area (Å²) >= 11 is 0. The molecule has 1 aromatic heterocycles. The molecule has 0 saturated carbocycles. The van der Waals surface area contributed by atoms with E-state index in [0.717, 1.165) is 16.8 Å². The first-order valence-corrected chi connectivity index (χ1v) is 7.09. The summed E-state index contributed by atoms with van der Waals surface area (Å²) in [6.07, 6.45) is 1.73. The lowest BCUT2D eigenvalue weighted by Gasteiger charge is -2.12. The van der Waals surface area contributed by atoms with Gasteiger partial charge in [0, 0.05) is 18.3 Å². The number of carbonyl (C=O) groups excluding carboxylic acids is 1. The molecule has 5 heteroatoms. The van der Waals surface area contributed by atoms with Crippen molar-refractivity contribution in [2.45, 2.75) is 20.8 Å². The minimum atomic E-state index is -0.246. The van der Waals surface area contributed by atoms with Crippen LogP contribution in [0.4, 0.5) is 11.5 Å². The fourth-order valence-corrected chi connectivity index (χ4v) is 2.14. The van der Waals surface area contributed by atoms with E-state index in [1.165, 1.54) is 0 Å². The Morgan fingerprint density at radius 3 is 2.55 bits per heavy atom. The zero-order chi connectivity index (χ0) is 16.1. The Balaban J connectivity index is 2.26. The third kappa shape index (κ3) is 3.69. The molecule has 0 saturated heterocycles. The summed E-state index contributed by atoms with van der Waals surface area (Å²) in [4.78, 5) is 20.9. The second-order valence-corrected chi connectivity index (χ2v) is 5.08. The third-order valence-electron chi connectivity index (χ3n) is 3.22. The largest absolute Gasteiger partial charge is 0.366 e. The van der Waals surface area contributed by atoms with Crippen LogP contribution in [0.3, 0.4) is 0 Å². The monoisotopic (exact) mass is 296 g/mol. The van der Waals surface area contributed by atoms with Crippen molar-refractivity contribution in [3.8, 4) is 0 Å². The van der Waals surface area contributed by atoms with Gasteiger partial charge in [0.1, 0.15) is 17.3 Å². The van der Waals surface area contributed by atoms with Crippen LogP contribution in [0.25, 0.3) is 0 Å². The van der Waals surface area contributed by atoms with Gasteiger partial charge < -0.3 is 10.6 Å². The van der Waals surface area contributed by atoms with Crippen LogP contribution in [0.1, 0.15) is 27.4 Å². The highest BCUT2D eigenvalue weighted by atomic mass is 16.1. The van der Waals surface area contributed by atoms with E-state index < -0.39 is 0 Å². The highest BCUT2D eigenvalue weighted by molar-refractivity contribution is 6.04. The predicted octanol–water partition coefficient (Wildman–Crippen LogP) is 3.25. The van der Waals surface area contributed by atoms with E-state index in [4.69, 9.17) is 0 Å². The van der Waals surface area contributed by atoms with E-state index >= 15 is 0 Å². The molecule has 0 aliphatic rings. The van der Waals surface area contributed by atoms with Crippen LogP contribution in [0, 0.1) is 20.8 Å². The topological polar surface area (TPSA) is 66.9 Å². The molecule has 0 aliphatic carbocycles. The summed E-state index contributed by atoms with van der Waals surface area (Å²) in [6.45, 7) is 9.91. The smallest absolute Gasteiger partial charge is 0.274 e. The fraction of sp³-hybridized carbons (Fsp3) is 0.235. The summed E-state index contributed by atoms with van der Waals surface area (Å²) in [5.41, 5.74) is 3.19. The zero-order valence-electron chi connectivity index (χ0n) is 13.1. The molecule has 5 nitrogen and oxygen atoms in total. The Morgan fingerprint density at radius 1 is 1.23 bits per heavy atom. The van der Waals surface area contributed by atoms with Crippen LogP contribution < -0.4 is 10.6 Å². The SMILES string of the molecule is C=CCNc1cc(C(=O)Nc2c(C)cccc2C)nc(C)n1. The van der Waals surface area contributed by atoms with E-state index in [-0.39, 0.29) is 5.91 Å². The quantitative estimate of drug-likeness (QED) is 0.831. The van der Waals surface area contributed by atoms with Crippen molar-refractivity contribution in [3.05, 3.63) is 59.6 Å². The lowest BCUT2D eigenvalue weighted by Crippen LogP contribution is -2.17. The normalized spacial score (nSPS) is 10.1. The molecule has 0 unspecified atom stereocenters. The summed E-state index contributed by atoms with van der Waals surface area (Å²) in [5, 5.41) is 6.00. The molecule has 0 radical (unpaired) electrons. The van der Waals surface area contributed by atoms with Gasteiger partial charge in [0.05, 0.1) is 0 Å². The first-order valence-electron chi connectivity index (χ1n) is 7.09. The van der Waals surface area contributed by atoms with Gasteiger partial charge >= 0.3 is 0 Å². The number of carbonyl (C=O) groups is 1. The molecule has 0 atom stereocenters. The maximum Gasteiger partial charge on any atom is 0.274 e. The second kappa shape index (κ2) is 6.85. The number of amides is 1. The average Bonchev–Trinajstić information content (AvgIpc) is 2.48. The maximum absolute atomic E-state index is 12.4. The first-order chi connectivity index (χ1) is 10.5. The molecular formula is C17H20N4O. The summed E-state index contributed by atoms with van der Waals surface area (Å²) in [7, 11) is 0. The Bertz CT molecular complexity index is 690. The minimum Gasteiger partial charge on any atom is -0.366 e. The molecule has 0 bridgehead atoms. The number of hydrogen-bond acceptors (Lipinski definition) is 4. The van der Waals surface area contributed by atoms with Crippen molar-refractivity contribution in [2.75, 3.05) is 17.2 Å². The number of aryl methyl sites for hydroxylation is 3. The second-order valence-electron chi connectivity index (χ2n) is 5.08. The molecule has 0 spiro atoms. The van der Waals surface area contributed by atoms with Crippen molar-refractivity contribution in [1.29, 1.82) is 0 Å². The highest BCUT2D eigenvalue weighted by Crippen LogP contribution is 2.20. The molecule has 2 N–H and O–H groups in total. The molecule has 0 fully saturated rings. The summed E-state index contributed by atoms with van der Waals surface area (Å²) in [6, 6.07) is 7.53. The van der Waals surface area contributed by atoms with Gasteiger partial charge in [-0.3, -0.25) is 4.79 Å². The number of rotatable bonds is 5. The van der Waals surface area contributed by atoms with Gasteiger partial charge in [-0.05, 0) is 31.9 Å². The van der Waals surface area contributed by atoms with Crippen LogP contribution >= 0.6 is 0 Å². The number of anilines is 2. The Labute approximate surface area is 130 Å². The number of benzene rings is 1. The van der Waals surface area contributed by atoms with E-state index in [0.29, 0.717) is 23.9 Å². The van der Waals surface area contributed by atoms with Gasteiger partial charge in [-0.2, -0.15) is 0 Å². The molecule has 114 valence electrons. The van der Waals surface area contributed by atoms with Gasteiger partial charge in [-0.25, -0.2) is 9.97 Å². The van der Waals surface area contributed by atoms with Gasteiger partial charge in [-0.15, -0.1) is 6.58 Å². The van der Waals surface area contributed by atoms with E-state index in [2.05, 4.69) is 27.2 Å². The van der Waals surface area contributed by atoms with Gasteiger partial charge in [0.15, 0.2) is 0 Å². The van der Waals surface area contributed by atoms with E-state index in [1.54, 1.807) is 19.1 Å². The van der Waals surface area contributed by atoms with Crippen LogP contribution in [0.15, 0.2) is 36.9 Å².